The van der Waals surface area contributed by atoms with Crippen molar-refractivity contribution < 1.29 is 4.74 Å². The van der Waals surface area contributed by atoms with Gasteiger partial charge in [0, 0.05) is 39.8 Å². The summed E-state index contributed by atoms with van der Waals surface area (Å²) in [5.74, 6) is 1.69. The first-order valence-corrected chi connectivity index (χ1v) is 17.2. The largest absolute Gasteiger partial charge is 0.456 e. The maximum atomic E-state index is 6.69. The van der Waals surface area contributed by atoms with Gasteiger partial charge in [0.1, 0.15) is 17.7 Å². The highest BCUT2D eigenvalue weighted by Gasteiger charge is 2.29. The standard InChI is InChI=1S/C46H33N3O/c1-2-16-33(17-3-1)49-27-26-38-40-28-32(24-25-44(40)50-43-23-9-8-20-39(43)45(38)49)46-47-41(36-21-10-14-30-12-4-6-18-34(30)36)29-42(48-46)37-22-11-15-31-13-5-7-19-35(31)37/h1-29,41,46-48H. The molecule has 2 atom stereocenters. The number of nitrogens with zero attached hydrogens (tertiary/aromatic N) is 1. The minimum Gasteiger partial charge on any atom is -0.456 e. The summed E-state index contributed by atoms with van der Waals surface area (Å²) >= 11 is 0. The second-order valence-corrected chi connectivity index (χ2v) is 13.0. The molecule has 4 heteroatoms. The normalized spacial score (nSPS) is 16.4. The molecular formula is C46H33N3O. The van der Waals surface area contributed by atoms with Gasteiger partial charge in [-0.2, -0.15) is 0 Å². The number of rotatable bonds is 4. The summed E-state index contributed by atoms with van der Waals surface area (Å²) in [7, 11) is 0. The summed E-state index contributed by atoms with van der Waals surface area (Å²) in [4.78, 5) is 0. The van der Waals surface area contributed by atoms with E-state index in [1.807, 2.05) is 6.07 Å². The lowest BCUT2D eigenvalue weighted by Crippen LogP contribution is -2.39. The maximum Gasteiger partial charge on any atom is 0.136 e. The first kappa shape index (κ1) is 28.6. The van der Waals surface area contributed by atoms with Crippen LogP contribution in [-0.4, -0.2) is 4.57 Å². The molecule has 1 aromatic heterocycles. The Morgan fingerprint density at radius 1 is 0.520 bits per heavy atom. The van der Waals surface area contributed by atoms with Gasteiger partial charge in [0.05, 0.1) is 11.7 Å². The summed E-state index contributed by atoms with van der Waals surface area (Å²) < 4.78 is 8.96. The van der Waals surface area contributed by atoms with Gasteiger partial charge in [0.25, 0.3) is 0 Å². The number of ether oxygens (including phenoxy) is 1. The van der Waals surface area contributed by atoms with Gasteiger partial charge < -0.3 is 14.6 Å². The molecule has 238 valence electrons. The number of benzene rings is 7. The van der Waals surface area contributed by atoms with Crippen LogP contribution in [-0.2, 0) is 0 Å². The Morgan fingerprint density at radius 3 is 2.08 bits per heavy atom. The monoisotopic (exact) mass is 643 g/mol. The zero-order chi connectivity index (χ0) is 33.0. The molecule has 0 aliphatic carbocycles. The van der Waals surface area contributed by atoms with Crippen LogP contribution in [0.25, 0.3) is 55.3 Å². The average molecular weight is 644 g/mol. The third kappa shape index (κ3) is 4.73. The molecule has 7 aromatic carbocycles. The highest BCUT2D eigenvalue weighted by Crippen LogP contribution is 2.48. The van der Waals surface area contributed by atoms with Crippen LogP contribution in [0.15, 0.2) is 176 Å². The van der Waals surface area contributed by atoms with Crippen LogP contribution < -0.4 is 15.4 Å². The number of hydrogen-bond acceptors (Lipinski definition) is 3. The van der Waals surface area contributed by atoms with Crippen molar-refractivity contribution in [1.82, 2.24) is 15.2 Å². The third-order valence-electron chi connectivity index (χ3n) is 10.1. The molecule has 3 heterocycles. The number of hydrogen-bond donors (Lipinski definition) is 2. The SMILES string of the molecule is C1=C(c2cccc3ccccc23)NC(c2ccc3c(c2)-c2ccn(-c4ccccc4)c2-c2ccccc2O3)NC1c1cccc2ccccc12. The summed E-state index contributed by atoms with van der Waals surface area (Å²) in [6.07, 6.45) is 4.35. The number of nitrogens with one attached hydrogen (secondary N) is 2. The van der Waals surface area contributed by atoms with E-state index < -0.39 is 0 Å². The third-order valence-corrected chi connectivity index (χ3v) is 10.1. The summed E-state index contributed by atoms with van der Waals surface area (Å²) in [6, 6.07) is 58.1. The van der Waals surface area contributed by atoms with E-state index in [4.69, 9.17) is 4.74 Å². The van der Waals surface area contributed by atoms with Crippen LogP contribution in [0.2, 0.25) is 0 Å². The lowest BCUT2D eigenvalue weighted by Gasteiger charge is -2.34. The predicted octanol–water partition coefficient (Wildman–Crippen LogP) is 11.2. The number of aromatic nitrogens is 1. The molecule has 2 aliphatic rings. The zero-order valence-corrected chi connectivity index (χ0v) is 27.3. The lowest BCUT2D eigenvalue weighted by molar-refractivity contribution is 0.443. The molecule has 50 heavy (non-hydrogen) atoms. The minimum atomic E-state index is -0.173. The van der Waals surface area contributed by atoms with E-state index in [1.165, 1.54) is 32.7 Å². The summed E-state index contributed by atoms with van der Waals surface area (Å²) in [5.41, 5.74) is 10.2. The van der Waals surface area contributed by atoms with Gasteiger partial charge in [-0.3, -0.25) is 5.32 Å². The van der Waals surface area contributed by atoms with E-state index in [9.17, 15) is 0 Å². The quantitative estimate of drug-likeness (QED) is 0.200. The van der Waals surface area contributed by atoms with Crippen molar-refractivity contribution in [3.8, 4) is 39.6 Å². The molecule has 4 nitrogen and oxygen atoms in total. The van der Waals surface area contributed by atoms with Gasteiger partial charge in [0.15, 0.2) is 0 Å². The molecule has 0 bridgehead atoms. The van der Waals surface area contributed by atoms with Crippen molar-refractivity contribution in [1.29, 1.82) is 0 Å². The van der Waals surface area contributed by atoms with Crippen molar-refractivity contribution in [2.24, 2.45) is 0 Å². The Morgan fingerprint density at radius 2 is 1.20 bits per heavy atom. The molecule has 0 radical (unpaired) electrons. The Balaban J connectivity index is 1.13. The lowest BCUT2D eigenvalue weighted by atomic mass is 9.92. The molecule has 2 unspecified atom stereocenters. The molecule has 0 saturated carbocycles. The number of fused-ring (bicyclic) bond motifs is 7. The highest BCUT2D eigenvalue weighted by atomic mass is 16.5. The van der Waals surface area contributed by atoms with Gasteiger partial charge in [-0.05, 0) is 81.2 Å². The van der Waals surface area contributed by atoms with Gasteiger partial charge in [-0.15, -0.1) is 0 Å². The maximum absolute atomic E-state index is 6.69. The molecule has 0 saturated heterocycles. The number of para-hydroxylation sites is 2. The Labute approximate surface area is 290 Å². The molecular weight excluding hydrogens is 611 g/mol. The molecule has 0 spiro atoms. The van der Waals surface area contributed by atoms with E-state index in [0.29, 0.717) is 0 Å². The van der Waals surface area contributed by atoms with Crippen molar-refractivity contribution in [2.45, 2.75) is 12.2 Å². The fraction of sp³-hybridized carbons (Fsp3) is 0.0435. The first-order valence-electron chi connectivity index (χ1n) is 17.2. The second-order valence-electron chi connectivity index (χ2n) is 13.0. The second kappa shape index (κ2) is 11.7. The van der Waals surface area contributed by atoms with Gasteiger partial charge in [0.2, 0.25) is 0 Å². The van der Waals surface area contributed by atoms with E-state index >= 15 is 0 Å². The van der Waals surface area contributed by atoms with Gasteiger partial charge >= 0.3 is 0 Å². The Bertz CT molecular complexity index is 2590. The van der Waals surface area contributed by atoms with E-state index in [2.05, 4.69) is 185 Å². The fourth-order valence-corrected chi connectivity index (χ4v) is 7.77. The molecule has 8 aromatic rings. The smallest absolute Gasteiger partial charge is 0.136 e. The molecule has 2 aliphatic heterocycles. The summed E-state index contributed by atoms with van der Waals surface area (Å²) in [5, 5.41) is 12.9. The van der Waals surface area contributed by atoms with Gasteiger partial charge in [-0.1, -0.05) is 121 Å². The van der Waals surface area contributed by atoms with Crippen LogP contribution >= 0.6 is 0 Å². The fourth-order valence-electron chi connectivity index (χ4n) is 7.77. The molecule has 0 amide bonds. The van der Waals surface area contributed by atoms with E-state index in [-0.39, 0.29) is 12.2 Å². The van der Waals surface area contributed by atoms with Gasteiger partial charge in [-0.25, -0.2) is 0 Å². The molecule has 2 N–H and O–H groups in total. The average Bonchev–Trinajstić information content (AvgIpc) is 3.57. The minimum absolute atomic E-state index is 0.0321. The van der Waals surface area contributed by atoms with Crippen molar-refractivity contribution in [3.63, 3.8) is 0 Å². The zero-order valence-electron chi connectivity index (χ0n) is 27.3. The van der Waals surface area contributed by atoms with Crippen molar-refractivity contribution >= 4 is 27.2 Å². The summed E-state index contributed by atoms with van der Waals surface area (Å²) in [6.45, 7) is 0. The van der Waals surface area contributed by atoms with Crippen molar-refractivity contribution in [3.05, 3.63) is 193 Å². The Hall–Kier alpha value is -6.36. The van der Waals surface area contributed by atoms with Crippen LogP contribution in [0.4, 0.5) is 0 Å². The van der Waals surface area contributed by atoms with Crippen LogP contribution in [0.1, 0.15) is 28.9 Å². The Kier molecular flexibility index (Phi) is 6.68. The van der Waals surface area contributed by atoms with E-state index in [0.717, 1.165) is 50.8 Å². The predicted molar refractivity (Wildman–Crippen MR) is 204 cm³/mol. The topological polar surface area (TPSA) is 38.2 Å². The van der Waals surface area contributed by atoms with Crippen LogP contribution in [0.5, 0.6) is 11.5 Å². The van der Waals surface area contributed by atoms with E-state index in [1.54, 1.807) is 0 Å². The first-order chi connectivity index (χ1) is 24.8. The van der Waals surface area contributed by atoms with Crippen LogP contribution in [0, 0.1) is 0 Å². The molecule has 0 fully saturated rings. The van der Waals surface area contributed by atoms with Crippen molar-refractivity contribution in [2.75, 3.05) is 0 Å². The van der Waals surface area contributed by atoms with Crippen LogP contribution in [0.3, 0.4) is 0 Å². The highest BCUT2D eigenvalue weighted by molar-refractivity contribution is 5.95. The molecule has 10 rings (SSSR count).